The molecule has 0 aliphatic heterocycles. The number of amides is 1. The Morgan fingerprint density at radius 2 is 2.05 bits per heavy atom. The third-order valence-electron chi connectivity index (χ3n) is 2.46. The van der Waals surface area contributed by atoms with E-state index in [0.29, 0.717) is 25.6 Å². The van der Waals surface area contributed by atoms with Gasteiger partial charge in [0, 0.05) is 13.1 Å². The second-order valence-electron chi connectivity index (χ2n) is 4.80. The summed E-state index contributed by atoms with van der Waals surface area (Å²) in [6.07, 6.45) is 2.62. The van der Waals surface area contributed by atoms with Crippen molar-refractivity contribution in [3.05, 3.63) is 12.7 Å². The van der Waals surface area contributed by atoms with Gasteiger partial charge in [-0.15, -0.1) is 6.58 Å². The first-order valence-electron chi connectivity index (χ1n) is 6.75. The van der Waals surface area contributed by atoms with Crippen molar-refractivity contribution in [2.75, 3.05) is 32.8 Å². The Kier molecular flexibility index (Phi) is 9.80. The molecule has 0 bridgehead atoms. The molecule has 0 saturated heterocycles. The SMILES string of the molecule is C=CCN(CC(=O)NCCC(C)C)CC(=O)OCC. The third-order valence-corrected chi connectivity index (χ3v) is 2.46. The predicted octanol–water partition coefficient (Wildman–Crippen LogP) is 1.20. The van der Waals surface area contributed by atoms with E-state index in [-0.39, 0.29) is 25.0 Å². The minimum atomic E-state index is -0.320. The Morgan fingerprint density at radius 1 is 1.37 bits per heavy atom. The summed E-state index contributed by atoms with van der Waals surface area (Å²) in [5, 5.41) is 2.84. The maximum absolute atomic E-state index is 11.7. The van der Waals surface area contributed by atoms with E-state index in [1.54, 1.807) is 17.9 Å². The Balaban J connectivity index is 4.06. The van der Waals surface area contributed by atoms with Crippen LogP contribution in [0.15, 0.2) is 12.7 Å². The van der Waals surface area contributed by atoms with Crippen LogP contribution in [-0.4, -0.2) is 49.6 Å². The monoisotopic (exact) mass is 270 g/mol. The van der Waals surface area contributed by atoms with Gasteiger partial charge in [0.05, 0.1) is 19.7 Å². The summed E-state index contributed by atoms with van der Waals surface area (Å²) < 4.78 is 4.87. The van der Waals surface area contributed by atoms with Crippen LogP contribution in [0.25, 0.3) is 0 Å². The fourth-order valence-electron chi connectivity index (χ4n) is 1.52. The Bertz CT molecular complexity index is 290. The predicted molar refractivity (Wildman–Crippen MR) is 75.7 cm³/mol. The van der Waals surface area contributed by atoms with Crippen LogP contribution in [-0.2, 0) is 14.3 Å². The van der Waals surface area contributed by atoms with Crippen LogP contribution in [0.5, 0.6) is 0 Å². The van der Waals surface area contributed by atoms with Crippen LogP contribution in [0.1, 0.15) is 27.2 Å². The average molecular weight is 270 g/mol. The quantitative estimate of drug-likeness (QED) is 0.479. The lowest BCUT2D eigenvalue weighted by Gasteiger charge is -2.19. The fourth-order valence-corrected chi connectivity index (χ4v) is 1.52. The van der Waals surface area contributed by atoms with Crippen LogP contribution < -0.4 is 5.32 Å². The van der Waals surface area contributed by atoms with Crippen molar-refractivity contribution in [2.45, 2.75) is 27.2 Å². The van der Waals surface area contributed by atoms with Crippen molar-refractivity contribution in [1.82, 2.24) is 10.2 Å². The van der Waals surface area contributed by atoms with E-state index in [1.165, 1.54) is 0 Å². The smallest absolute Gasteiger partial charge is 0.320 e. The summed E-state index contributed by atoms with van der Waals surface area (Å²) in [5.41, 5.74) is 0. The van der Waals surface area contributed by atoms with E-state index in [2.05, 4.69) is 25.7 Å². The molecule has 0 aromatic rings. The van der Waals surface area contributed by atoms with E-state index in [1.807, 2.05) is 0 Å². The number of nitrogens with one attached hydrogen (secondary N) is 1. The van der Waals surface area contributed by atoms with Gasteiger partial charge >= 0.3 is 5.97 Å². The first kappa shape index (κ1) is 17.6. The van der Waals surface area contributed by atoms with E-state index < -0.39 is 0 Å². The fraction of sp³-hybridized carbons (Fsp3) is 0.714. The molecule has 0 aliphatic carbocycles. The Morgan fingerprint density at radius 3 is 2.58 bits per heavy atom. The highest BCUT2D eigenvalue weighted by Crippen LogP contribution is 1.96. The van der Waals surface area contributed by atoms with Crippen LogP contribution in [0.2, 0.25) is 0 Å². The molecule has 5 nitrogen and oxygen atoms in total. The molecule has 0 aromatic carbocycles. The van der Waals surface area contributed by atoms with Gasteiger partial charge in [-0.2, -0.15) is 0 Å². The maximum atomic E-state index is 11.7. The second-order valence-corrected chi connectivity index (χ2v) is 4.80. The highest BCUT2D eigenvalue weighted by Gasteiger charge is 2.13. The molecular formula is C14H26N2O3. The van der Waals surface area contributed by atoms with Gasteiger partial charge in [0.15, 0.2) is 0 Å². The number of carbonyl (C=O) groups excluding carboxylic acids is 2. The van der Waals surface area contributed by atoms with Crippen molar-refractivity contribution in [3.8, 4) is 0 Å². The zero-order valence-corrected chi connectivity index (χ0v) is 12.3. The summed E-state index contributed by atoms with van der Waals surface area (Å²) in [6.45, 7) is 11.4. The van der Waals surface area contributed by atoms with E-state index >= 15 is 0 Å². The van der Waals surface area contributed by atoms with Gasteiger partial charge < -0.3 is 10.1 Å². The summed E-state index contributed by atoms with van der Waals surface area (Å²) in [4.78, 5) is 24.8. The minimum Gasteiger partial charge on any atom is -0.465 e. The molecule has 0 rings (SSSR count). The van der Waals surface area contributed by atoms with E-state index in [4.69, 9.17) is 4.74 Å². The summed E-state index contributed by atoms with van der Waals surface area (Å²) >= 11 is 0. The highest BCUT2D eigenvalue weighted by molar-refractivity contribution is 5.79. The molecule has 0 saturated carbocycles. The molecule has 0 fully saturated rings. The average Bonchev–Trinajstić information content (AvgIpc) is 2.28. The zero-order valence-electron chi connectivity index (χ0n) is 12.3. The molecule has 0 heterocycles. The number of esters is 1. The van der Waals surface area contributed by atoms with Crippen molar-refractivity contribution in [3.63, 3.8) is 0 Å². The Hall–Kier alpha value is -1.36. The maximum Gasteiger partial charge on any atom is 0.320 e. The van der Waals surface area contributed by atoms with Gasteiger partial charge in [-0.05, 0) is 19.3 Å². The number of carbonyl (C=O) groups is 2. The number of ether oxygens (including phenoxy) is 1. The molecule has 0 spiro atoms. The third kappa shape index (κ3) is 10.3. The largest absolute Gasteiger partial charge is 0.465 e. The lowest BCUT2D eigenvalue weighted by molar-refractivity contribution is -0.144. The van der Waals surface area contributed by atoms with Crippen molar-refractivity contribution in [2.24, 2.45) is 5.92 Å². The molecule has 0 unspecified atom stereocenters. The molecule has 1 amide bonds. The lowest BCUT2D eigenvalue weighted by atomic mass is 10.1. The first-order valence-corrected chi connectivity index (χ1v) is 6.75. The topological polar surface area (TPSA) is 58.6 Å². The van der Waals surface area contributed by atoms with Gasteiger partial charge in [-0.25, -0.2) is 0 Å². The standard InChI is InChI=1S/C14H26N2O3/c1-5-9-16(11-14(18)19-6-2)10-13(17)15-8-7-12(3)4/h5,12H,1,6-11H2,2-4H3,(H,15,17). The first-order chi connectivity index (χ1) is 8.99. The van der Waals surface area contributed by atoms with Gasteiger partial charge in [0.2, 0.25) is 5.91 Å². The zero-order chi connectivity index (χ0) is 14.7. The molecular weight excluding hydrogens is 244 g/mol. The molecule has 1 N–H and O–H groups in total. The number of rotatable bonds is 10. The Labute approximate surface area is 116 Å². The second kappa shape index (κ2) is 10.6. The van der Waals surface area contributed by atoms with Gasteiger partial charge in [0.1, 0.15) is 0 Å². The lowest BCUT2D eigenvalue weighted by Crippen LogP contribution is -2.40. The van der Waals surface area contributed by atoms with Crippen LogP contribution in [0, 0.1) is 5.92 Å². The molecule has 0 aliphatic rings. The number of nitrogens with zero attached hydrogens (tertiary/aromatic N) is 1. The van der Waals surface area contributed by atoms with Gasteiger partial charge in [-0.3, -0.25) is 14.5 Å². The molecule has 110 valence electrons. The summed E-state index contributed by atoms with van der Waals surface area (Å²) in [7, 11) is 0. The van der Waals surface area contributed by atoms with Crippen molar-refractivity contribution >= 4 is 11.9 Å². The van der Waals surface area contributed by atoms with Gasteiger partial charge in [-0.1, -0.05) is 19.9 Å². The van der Waals surface area contributed by atoms with Crippen molar-refractivity contribution in [1.29, 1.82) is 0 Å². The number of hydrogen-bond acceptors (Lipinski definition) is 4. The number of hydrogen-bond donors (Lipinski definition) is 1. The minimum absolute atomic E-state index is 0.0770. The van der Waals surface area contributed by atoms with Crippen LogP contribution in [0.3, 0.4) is 0 Å². The summed E-state index contributed by atoms with van der Waals surface area (Å²) in [6, 6.07) is 0. The normalized spacial score (nSPS) is 10.6. The molecule has 5 heteroatoms. The highest BCUT2D eigenvalue weighted by atomic mass is 16.5. The summed E-state index contributed by atoms with van der Waals surface area (Å²) in [5.74, 6) is 0.162. The van der Waals surface area contributed by atoms with E-state index in [9.17, 15) is 9.59 Å². The molecule has 0 radical (unpaired) electrons. The molecule has 0 atom stereocenters. The van der Waals surface area contributed by atoms with E-state index in [0.717, 1.165) is 6.42 Å². The van der Waals surface area contributed by atoms with Gasteiger partial charge in [0.25, 0.3) is 0 Å². The molecule has 0 aromatic heterocycles. The van der Waals surface area contributed by atoms with Crippen LogP contribution in [0.4, 0.5) is 0 Å². The van der Waals surface area contributed by atoms with Crippen molar-refractivity contribution < 1.29 is 14.3 Å². The molecule has 19 heavy (non-hydrogen) atoms. The van der Waals surface area contributed by atoms with Crippen LogP contribution >= 0.6 is 0 Å².